The molecule has 1 aliphatic heterocycles. The highest BCUT2D eigenvalue weighted by molar-refractivity contribution is 7.80. The molecule has 4 aromatic rings. The Balaban J connectivity index is 1.47. The molecule has 1 fully saturated rings. The Bertz CT molecular complexity index is 1370. The fourth-order valence-corrected chi connectivity index (χ4v) is 5.08. The van der Waals surface area contributed by atoms with Gasteiger partial charge in [-0.1, -0.05) is 24.3 Å². The van der Waals surface area contributed by atoms with E-state index in [-0.39, 0.29) is 18.0 Å². The first-order valence-electron chi connectivity index (χ1n) is 11.9. The number of pyridine rings is 2. The van der Waals surface area contributed by atoms with Gasteiger partial charge in [-0.15, -0.1) is 0 Å². The number of thiocarbonyl (C=S) groups is 1. The lowest BCUT2D eigenvalue weighted by atomic mass is 10.0. The molecule has 0 saturated carbocycles. The molecule has 0 bridgehead atoms. The molecule has 7 nitrogen and oxygen atoms in total. The van der Waals surface area contributed by atoms with Crippen molar-refractivity contribution in [3.05, 3.63) is 108 Å². The number of hydrogen-bond donors (Lipinski definition) is 2. The lowest BCUT2D eigenvalue weighted by Gasteiger charge is -2.29. The van der Waals surface area contributed by atoms with Gasteiger partial charge in [0.25, 0.3) is 0 Å². The van der Waals surface area contributed by atoms with Gasteiger partial charge >= 0.3 is 0 Å². The number of anilines is 1. The summed E-state index contributed by atoms with van der Waals surface area (Å²) in [6, 6.07) is 21.5. The minimum Gasteiger partial charge on any atom is -0.352 e. The van der Waals surface area contributed by atoms with Crippen LogP contribution in [0.3, 0.4) is 0 Å². The van der Waals surface area contributed by atoms with Gasteiger partial charge in [0.15, 0.2) is 5.11 Å². The van der Waals surface area contributed by atoms with E-state index in [2.05, 4.69) is 49.1 Å². The molecule has 0 spiro atoms. The summed E-state index contributed by atoms with van der Waals surface area (Å²) in [5.41, 5.74) is 5.88. The number of carbonyl (C=O) groups is 1. The number of carbonyl (C=O) groups excluding carboxylic acids is 1. The van der Waals surface area contributed by atoms with Crippen molar-refractivity contribution >= 4 is 28.9 Å². The summed E-state index contributed by atoms with van der Waals surface area (Å²) >= 11 is 5.80. The number of hydrogen-bond acceptors (Lipinski definition) is 4. The lowest BCUT2D eigenvalue weighted by Crippen LogP contribution is -2.33. The van der Waals surface area contributed by atoms with Crippen molar-refractivity contribution in [1.82, 2.24) is 24.8 Å². The Morgan fingerprint density at radius 3 is 2.61 bits per heavy atom. The van der Waals surface area contributed by atoms with E-state index in [0.29, 0.717) is 18.1 Å². The third-order valence-electron chi connectivity index (χ3n) is 6.51. The summed E-state index contributed by atoms with van der Waals surface area (Å²) in [5, 5.41) is 7.11. The SMILES string of the molecule is Cc1ccccc1NC(=O)CCN1C(=S)NC(c2ccccn2)C1c1ccc(C)n1-c1cccnc1. The summed E-state index contributed by atoms with van der Waals surface area (Å²) in [5.74, 6) is -0.0500. The first-order valence-corrected chi connectivity index (χ1v) is 12.4. The molecule has 1 aromatic carbocycles. The largest absolute Gasteiger partial charge is 0.352 e. The van der Waals surface area contributed by atoms with Gasteiger partial charge in [0, 0.05) is 42.4 Å². The summed E-state index contributed by atoms with van der Waals surface area (Å²) in [7, 11) is 0. The fourth-order valence-electron chi connectivity index (χ4n) is 4.74. The van der Waals surface area contributed by atoms with E-state index in [9.17, 15) is 4.79 Å². The Kier molecular flexibility index (Phi) is 6.77. The maximum Gasteiger partial charge on any atom is 0.226 e. The number of benzene rings is 1. The fraction of sp³-hybridized carbons (Fsp3) is 0.214. The molecule has 36 heavy (non-hydrogen) atoms. The average Bonchev–Trinajstić information content (AvgIpc) is 3.44. The molecule has 4 heterocycles. The van der Waals surface area contributed by atoms with Gasteiger partial charge in [0.1, 0.15) is 0 Å². The second-order valence-corrected chi connectivity index (χ2v) is 9.27. The maximum atomic E-state index is 12.9. The highest BCUT2D eigenvalue weighted by atomic mass is 32.1. The van der Waals surface area contributed by atoms with Gasteiger partial charge in [-0.3, -0.25) is 14.8 Å². The molecule has 5 rings (SSSR count). The van der Waals surface area contributed by atoms with Gasteiger partial charge < -0.3 is 20.1 Å². The van der Waals surface area contributed by atoms with Crippen molar-refractivity contribution in [3.63, 3.8) is 0 Å². The lowest BCUT2D eigenvalue weighted by molar-refractivity contribution is -0.116. The van der Waals surface area contributed by atoms with Crippen LogP contribution in [0.4, 0.5) is 5.69 Å². The quantitative estimate of drug-likeness (QED) is 0.355. The second-order valence-electron chi connectivity index (χ2n) is 8.88. The smallest absolute Gasteiger partial charge is 0.226 e. The van der Waals surface area contributed by atoms with Crippen LogP contribution in [0, 0.1) is 13.8 Å². The highest BCUT2D eigenvalue weighted by Gasteiger charge is 2.41. The maximum absolute atomic E-state index is 12.9. The van der Waals surface area contributed by atoms with Crippen LogP contribution < -0.4 is 10.6 Å². The van der Waals surface area contributed by atoms with Gasteiger partial charge in [-0.25, -0.2) is 0 Å². The molecule has 3 aromatic heterocycles. The van der Waals surface area contributed by atoms with E-state index < -0.39 is 0 Å². The highest BCUT2D eigenvalue weighted by Crippen LogP contribution is 2.40. The standard InChI is InChI=1S/C28H28N6OS/c1-19-8-3-4-10-22(19)31-25(35)14-17-33-27(26(32-28(33)36)23-11-5-6-16-30-23)24-13-12-20(2)34(24)21-9-7-15-29-18-21/h3-13,15-16,18,26-27H,14,17H2,1-2H3,(H,31,35)(H,32,36). The third kappa shape index (κ3) is 4.72. The van der Waals surface area contributed by atoms with Crippen molar-refractivity contribution in [2.24, 2.45) is 0 Å². The minimum atomic E-state index is -0.164. The van der Waals surface area contributed by atoms with Crippen LogP contribution >= 0.6 is 12.2 Å². The van der Waals surface area contributed by atoms with Crippen molar-refractivity contribution in [1.29, 1.82) is 0 Å². The van der Waals surface area contributed by atoms with Crippen LogP contribution in [0.15, 0.2) is 85.3 Å². The molecule has 2 unspecified atom stereocenters. The van der Waals surface area contributed by atoms with E-state index in [1.54, 1.807) is 12.4 Å². The van der Waals surface area contributed by atoms with Crippen LogP contribution in [0.2, 0.25) is 0 Å². The van der Waals surface area contributed by atoms with Crippen molar-refractivity contribution < 1.29 is 4.79 Å². The van der Waals surface area contributed by atoms with Gasteiger partial charge in [0.05, 0.1) is 29.7 Å². The summed E-state index contributed by atoms with van der Waals surface area (Å²) in [4.78, 5) is 23.9. The molecule has 2 N–H and O–H groups in total. The van der Waals surface area contributed by atoms with Crippen LogP contribution in [0.5, 0.6) is 0 Å². The Morgan fingerprint density at radius 1 is 1.03 bits per heavy atom. The third-order valence-corrected chi connectivity index (χ3v) is 6.86. The van der Waals surface area contributed by atoms with Crippen molar-refractivity contribution in [2.75, 3.05) is 11.9 Å². The van der Waals surface area contributed by atoms with Crippen LogP contribution in [0.25, 0.3) is 5.69 Å². The van der Waals surface area contributed by atoms with Crippen LogP contribution in [-0.2, 0) is 4.79 Å². The number of rotatable bonds is 7. The second kappa shape index (κ2) is 10.3. The van der Waals surface area contributed by atoms with Crippen LogP contribution in [-0.4, -0.2) is 37.0 Å². The van der Waals surface area contributed by atoms with Crippen molar-refractivity contribution in [3.8, 4) is 5.69 Å². The molecule has 1 aliphatic rings. The first-order chi connectivity index (χ1) is 17.5. The molecule has 1 saturated heterocycles. The van der Waals surface area contributed by atoms with E-state index in [0.717, 1.165) is 34.0 Å². The first kappa shape index (κ1) is 23.7. The molecular weight excluding hydrogens is 468 g/mol. The number of amides is 1. The average molecular weight is 497 g/mol. The molecule has 1 amide bonds. The summed E-state index contributed by atoms with van der Waals surface area (Å²) in [6.07, 6.45) is 5.71. The van der Waals surface area contributed by atoms with E-state index in [4.69, 9.17) is 12.2 Å². The van der Waals surface area contributed by atoms with E-state index in [1.165, 1.54) is 0 Å². The predicted octanol–water partition coefficient (Wildman–Crippen LogP) is 4.89. The van der Waals surface area contributed by atoms with Gasteiger partial charge in [-0.05, 0) is 74.1 Å². The van der Waals surface area contributed by atoms with E-state index >= 15 is 0 Å². The minimum absolute atomic E-state index is 0.0500. The molecule has 0 aliphatic carbocycles. The topological polar surface area (TPSA) is 75.1 Å². The Labute approximate surface area is 216 Å². The number of aryl methyl sites for hydroxylation is 2. The van der Waals surface area contributed by atoms with Gasteiger partial charge in [-0.2, -0.15) is 0 Å². The zero-order valence-corrected chi connectivity index (χ0v) is 21.1. The van der Waals surface area contributed by atoms with Gasteiger partial charge in [0.2, 0.25) is 5.91 Å². The predicted molar refractivity (Wildman–Crippen MR) is 145 cm³/mol. The monoisotopic (exact) mass is 496 g/mol. The number of para-hydroxylation sites is 1. The van der Waals surface area contributed by atoms with E-state index in [1.807, 2.05) is 67.7 Å². The number of nitrogens with zero attached hydrogens (tertiary/aromatic N) is 4. The molecule has 0 radical (unpaired) electrons. The summed E-state index contributed by atoms with van der Waals surface area (Å²) < 4.78 is 2.20. The molecule has 182 valence electrons. The summed E-state index contributed by atoms with van der Waals surface area (Å²) in [6.45, 7) is 4.53. The van der Waals surface area contributed by atoms with Crippen LogP contribution in [0.1, 0.15) is 41.1 Å². The zero-order valence-electron chi connectivity index (χ0n) is 20.3. The number of nitrogens with one attached hydrogen (secondary N) is 2. The molecular formula is C28H28N6OS. The molecule has 2 atom stereocenters. The zero-order chi connectivity index (χ0) is 25.1. The molecule has 8 heteroatoms. The number of aromatic nitrogens is 3. The van der Waals surface area contributed by atoms with Crippen molar-refractivity contribution in [2.45, 2.75) is 32.4 Å². The normalized spacial score (nSPS) is 17.2. The Hall–Kier alpha value is -4.04. The Morgan fingerprint density at radius 2 is 1.86 bits per heavy atom.